The number of fused-ring (bicyclic) bond motifs is 3. The molecule has 6 nitrogen and oxygen atoms in total. The number of hydrogen-bond acceptors (Lipinski definition) is 5. The molecular formula is C13H12N4O2. The van der Waals surface area contributed by atoms with Crippen LogP contribution in [-0.2, 0) is 4.74 Å². The molecule has 0 amide bonds. The third-order valence-corrected chi connectivity index (χ3v) is 3.13. The van der Waals surface area contributed by atoms with Gasteiger partial charge in [-0.2, -0.15) is 0 Å². The van der Waals surface area contributed by atoms with Crippen LogP contribution in [0.5, 0.6) is 0 Å². The molecule has 6 heteroatoms. The van der Waals surface area contributed by atoms with Crippen molar-refractivity contribution in [1.82, 2.24) is 14.4 Å². The molecule has 0 aliphatic heterocycles. The maximum atomic E-state index is 11.7. The van der Waals surface area contributed by atoms with Gasteiger partial charge in [-0.05, 0) is 24.6 Å². The average molecular weight is 256 g/mol. The molecule has 0 unspecified atom stereocenters. The van der Waals surface area contributed by atoms with Crippen molar-refractivity contribution in [1.29, 1.82) is 0 Å². The lowest BCUT2D eigenvalue weighted by molar-refractivity contribution is 0.0600. The summed E-state index contributed by atoms with van der Waals surface area (Å²) in [4.78, 5) is 20.1. The molecule has 2 N–H and O–H groups in total. The van der Waals surface area contributed by atoms with E-state index in [1.54, 1.807) is 18.6 Å². The Morgan fingerprint density at radius 1 is 1.37 bits per heavy atom. The van der Waals surface area contributed by atoms with Gasteiger partial charge in [-0.25, -0.2) is 14.8 Å². The zero-order valence-electron chi connectivity index (χ0n) is 10.5. The van der Waals surface area contributed by atoms with Crippen molar-refractivity contribution in [3.05, 3.63) is 35.8 Å². The van der Waals surface area contributed by atoms with Crippen LogP contribution in [0.25, 0.3) is 16.6 Å². The highest BCUT2D eigenvalue weighted by Crippen LogP contribution is 2.23. The second-order valence-electron chi connectivity index (χ2n) is 4.29. The average Bonchev–Trinajstić information content (AvgIpc) is 2.87. The number of aryl methyl sites for hydroxylation is 1. The molecule has 2 heterocycles. The van der Waals surface area contributed by atoms with Gasteiger partial charge in [0.1, 0.15) is 11.3 Å². The third-order valence-electron chi connectivity index (χ3n) is 3.13. The fourth-order valence-corrected chi connectivity index (χ4v) is 2.16. The molecule has 0 fully saturated rings. The molecule has 0 aliphatic carbocycles. The summed E-state index contributed by atoms with van der Waals surface area (Å²) in [6.45, 7) is 1.83. The lowest BCUT2D eigenvalue weighted by Gasteiger charge is -2.09. The minimum Gasteiger partial charge on any atom is -0.465 e. The van der Waals surface area contributed by atoms with Crippen LogP contribution in [0.1, 0.15) is 15.9 Å². The highest BCUT2D eigenvalue weighted by atomic mass is 16.5. The number of ether oxygens (including phenoxy) is 1. The number of benzene rings is 1. The van der Waals surface area contributed by atoms with Crippen LogP contribution in [0.4, 0.5) is 5.82 Å². The largest absolute Gasteiger partial charge is 0.465 e. The Hall–Kier alpha value is -2.63. The van der Waals surface area contributed by atoms with Gasteiger partial charge in [-0.3, -0.25) is 4.40 Å². The molecule has 0 saturated heterocycles. The van der Waals surface area contributed by atoms with Crippen molar-refractivity contribution in [2.45, 2.75) is 6.92 Å². The number of methoxy groups -OCH3 is 1. The van der Waals surface area contributed by atoms with Gasteiger partial charge in [0.25, 0.3) is 0 Å². The van der Waals surface area contributed by atoms with Gasteiger partial charge in [-0.1, -0.05) is 0 Å². The Bertz CT molecular complexity index is 807. The van der Waals surface area contributed by atoms with Crippen LogP contribution in [0.2, 0.25) is 0 Å². The van der Waals surface area contributed by atoms with Gasteiger partial charge in [-0.15, -0.1) is 0 Å². The van der Waals surface area contributed by atoms with Gasteiger partial charge in [0, 0.05) is 0 Å². The predicted octanol–water partition coefficient (Wildman–Crippen LogP) is 1.56. The number of nitrogens with zero attached hydrogens (tertiary/aromatic N) is 3. The molecule has 0 atom stereocenters. The molecule has 0 aliphatic rings. The first-order valence-corrected chi connectivity index (χ1v) is 5.72. The second-order valence-corrected chi connectivity index (χ2v) is 4.29. The number of imidazole rings is 1. The lowest BCUT2D eigenvalue weighted by Crippen LogP contribution is -2.06. The molecule has 0 spiro atoms. The molecule has 0 radical (unpaired) electrons. The van der Waals surface area contributed by atoms with E-state index in [1.807, 2.05) is 17.4 Å². The first-order valence-electron chi connectivity index (χ1n) is 5.72. The van der Waals surface area contributed by atoms with Gasteiger partial charge in [0.05, 0.1) is 36.2 Å². The van der Waals surface area contributed by atoms with E-state index < -0.39 is 0 Å². The Morgan fingerprint density at radius 2 is 2.16 bits per heavy atom. The van der Waals surface area contributed by atoms with Crippen molar-refractivity contribution >= 4 is 28.3 Å². The van der Waals surface area contributed by atoms with E-state index >= 15 is 0 Å². The van der Waals surface area contributed by atoms with E-state index in [2.05, 4.69) is 9.97 Å². The van der Waals surface area contributed by atoms with E-state index in [0.29, 0.717) is 22.4 Å². The number of anilines is 1. The van der Waals surface area contributed by atoms with E-state index in [4.69, 9.17) is 10.5 Å². The molecule has 2 aromatic heterocycles. The van der Waals surface area contributed by atoms with Crippen molar-refractivity contribution in [3.63, 3.8) is 0 Å². The monoisotopic (exact) mass is 256 g/mol. The summed E-state index contributed by atoms with van der Waals surface area (Å²) in [7, 11) is 1.36. The van der Waals surface area contributed by atoms with Crippen molar-refractivity contribution < 1.29 is 9.53 Å². The summed E-state index contributed by atoms with van der Waals surface area (Å²) in [6.07, 6.45) is 3.28. The van der Waals surface area contributed by atoms with Crippen molar-refractivity contribution in [3.8, 4) is 0 Å². The smallest absolute Gasteiger partial charge is 0.338 e. The van der Waals surface area contributed by atoms with Gasteiger partial charge < -0.3 is 10.5 Å². The summed E-state index contributed by atoms with van der Waals surface area (Å²) in [6, 6.07) is 3.56. The molecule has 1 aromatic carbocycles. The van der Waals surface area contributed by atoms with Gasteiger partial charge in [0.15, 0.2) is 0 Å². The molecule has 0 saturated carbocycles. The zero-order chi connectivity index (χ0) is 13.6. The summed E-state index contributed by atoms with van der Waals surface area (Å²) >= 11 is 0. The Kier molecular flexibility index (Phi) is 2.38. The van der Waals surface area contributed by atoms with Gasteiger partial charge >= 0.3 is 5.97 Å². The number of esters is 1. The van der Waals surface area contributed by atoms with E-state index in [1.165, 1.54) is 7.11 Å². The quantitative estimate of drug-likeness (QED) is 0.668. The number of hydrogen-bond donors (Lipinski definition) is 1. The number of nitrogen functional groups attached to an aromatic ring is 1. The first kappa shape index (κ1) is 11.5. The number of carbonyl (C=O) groups is 1. The minimum absolute atomic E-state index is 0.371. The standard InChI is InChI=1S/C13H12N4O2/c1-7-3-9-10(4-8(7)13(18)19-2)17-6-15-5-11(17)12(14)16-9/h3-6H,1-2H3,(H2,14,16). The van der Waals surface area contributed by atoms with E-state index in [-0.39, 0.29) is 5.97 Å². The second kappa shape index (κ2) is 3.94. The van der Waals surface area contributed by atoms with Crippen LogP contribution in [-0.4, -0.2) is 27.4 Å². The molecule has 3 rings (SSSR count). The molecule has 19 heavy (non-hydrogen) atoms. The fourth-order valence-electron chi connectivity index (χ4n) is 2.16. The maximum Gasteiger partial charge on any atom is 0.338 e. The Balaban J connectivity index is 2.43. The predicted molar refractivity (Wildman–Crippen MR) is 71.0 cm³/mol. The topological polar surface area (TPSA) is 82.5 Å². The molecular weight excluding hydrogens is 244 g/mol. The summed E-state index contributed by atoms with van der Waals surface area (Å²) in [5.74, 6) is 0.0414. The fraction of sp³-hybridized carbons (Fsp3) is 0.154. The Morgan fingerprint density at radius 3 is 2.89 bits per heavy atom. The van der Waals surface area contributed by atoms with Crippen LogP contribution in [0, 0.1) is 6.92 Å². The molecule has 3 aromatic rings. The molecule has 0 bridgehead atoms. The summed E-state index contributed by atoms with van der Waals surface area (Å²) in [5.41, 5.74) is 9.39. The normalized spacial score (nSPS) is 11.1. The van der Waals surface area contributed by atoms with Gasteiger partial charge in [0.2, 0.25) is 0 Å². The minimum atomic E-state index is -0.371. The Labute approximate surface area is 108 Å². The van der Waals surface area contributed by atoms with Crippen molar-refractivity contribution in [2.75, 3.05) is 12.8 Å². The van der Waals surface area contributed by atoms with Crippen LogP contribution in [0.15, 0.2) is 24.7 Å². The van der Waals surface area contributed by atoms with Crippen LogP contribution in [0.3, 0.4) is 0 Å². The highest BCUT2D eigenvalue weighted by Gasteiger charge is 2.14. The number of rotatable bonds is 1. The van der Waals surface area contributed by atoms with E-state index in [9.17, 15) is 4.79 Å². The van der Waals surface area contributed by atoms with E-state index in [0.717, 1.165) is 11.1 Å². The summed E-state index contributed by atoms with van der Waals surface area (Å²) < 4.78 is 6.58. The number of carbonyl (C=O) groups excluding carboxylic acids is 1. The molecule has 96 valence electrons. The number of aromatic nitrogens is 3. The zero-order valence-corrected chi connectivity index (χ0v) is 10.5. The number of nitrogens with two attached hydrogens (primary N) is 1. The summed E-state index contributed by atoms with van der Waals surface area (Å²) in [5, 5.41) is 0. The first-order chi connectivity index (χ1) is 9.11. The third kappa shape index (κ3) is 1.61. The van der Waals surface area contributed by atoms with Crippen molar-refractivity contribution in [2.24, 2.45) is 0 Å². The lowest BCUT2D eigenvalue weighted by atomic mass is 10.1. The maximum absolute atomic E-state index is 11.7. The van der Waals surface area contributed by atoms with Crippen LogP contribution < -0.4 is 5.73 Å². The van der Waals surface area contributed by atoms with Crippen LogP contribution >= 0.6 is 0 Å². The highest BCUT2D eigenvalue weighted by molar-refractivity contribution is 5.96. The SMILES string of the molecule is COC(=O)c1cc2c(cc1C)nc(N)c1cncn12.